The van der Waals surface area contributed by atoms with Gasteiger partial charge in [-0.3, -0.25) is 4.79 Å². The lowest BCUT2D eigenvalue weighted by Gasteiger charge is -2.13. The molecule has 0 saturated carbocycles. The van der Waals surface area contributed by atoms with E-state index in [9.17, 15) is 13.2 Å². The van der Waals surface area contributed by atoms with Crippen molar-refractivity contribution in [3.05, 3.63) is 54.1 Å². The number of nitrogens with zero attached hydrogens (tertiary/aromatic N) is 3. The summed E-state index contributed by atoms with van der Waals surface area (Å²) in [6.45, 7) is 0.814. The Morgan fingerprint density at radius 2 is 1.86 bits per heavy atom. The Bertz CT molecular complexity index is 998. The maximum atomic E-state index is 12.5. The van der Waals surface area contributed by atoms with Crippen LogP contribution < -0.4 is 10.2 Å². The van der Waals surface area contributed by atoms with Crippen molar-refractivity contribution in [3.8, 4) is 0 Å². The van der Waals surface area contributed by atoms with Gasteiger partial charge >= 0.3 is 0 Å². The molecule has 0 aromatic heterocycles. The zero-order valence-corrected chi connectivity index (χ0v) is 17.0. The molecule has 8 heteroatoms. The Kier molecular flexibility index (Phi) is 5.69. The molecule has 7 nitrogen and oxygen atoms in total. The molecule has 1 heterocycles. The number of amidine groups is 1. The minimum Gasteiger partial charge on any atom is -0.378 e. The number of sulfonamides is 1. The van der Waals surface area contributed by atoms with Crippen molar-refractivity contribution in [1.82, 2.24) is 4.90 Å². The molecule has 148 valence electrons. The quantitative estimate of drug-likeness (QED) is 0.835. The van der Waals surface area contributed by atoms with Crippen LogP contribution in [0.25, 0.3) is 0 Å². The average molecular weight is 401 g/mol. The summed E-state index contributed by atoms with van der Waals surface area (Å²) in [5, 5.41) is 2.79. The van der Waals surface area contributed by atoms with Crippen LogP contribution in [0.4, 0.5) is 11.4 Å². The molecule has 28 heavy (non-hydrogen) atoms. The van der Waals surface area contributed by atoms with Crippen molar-refractivity contribution in [1.29, 1.82) is 0 Å². The SMILES string of the molecule is CN1CCC/C1=N/S(=O)(=O)c1ccc(NC(=O)c2cccc(N(C)C)c2)cc1. The first kappa shape index (κ1) is 19.9. The third-order valence-corrected chi connectivity index (χ3v) is 5.91. The van der Waals surface area contributed by atoms with Gasteiger partial charge in [0.1, 0.15) is 5.84 Å². The highest BCUT2D eigenvalue weighted by molar-refractivity contribution is 7.90. The number of benzene rings is 2. The standard InChI is InChI=1S/C20H24N4O3S/c1-23(2)17-7-4-6-15(14-17)20(25)21-16-9-11-18(12-10-16)28(26,27)22-19-8-5-13-24(19)3/h4,6-7,9-12,14H,5,8,13H2,1-3H3,(H,21,25)/b22-19-. The predicted octanol–water partition coefficient (Wildman–Crippen LogP) is 2.82. The van der Waals surface area contributed by atoms with Crippen LogP contribution in [0.2, 0.25) is 0 Å². The summed E-state index contributed by atoms with van der Waals surface area (Å²) in [4.78, 5) is 16.3. The van der Waals surface area contributed by atoms with Gasteiger partial charge in [-0.2, -0.15) is 8.42 Å². The number of anilines is 2. The van der Waals surface area contributed by atoms with Crippen LogP contribution in [-0.2, 0) is 10.0 Å². The van der Waals surface area contributed by atoms with Crippen molar-refractivity contribution in [2.45, 2.75) is 17.7 Å². The Morgan fingerprint density at radius 3 is 2.46 bits per heavy atom. The number of amides is 1. The molecule has 2 aromatic carbocycles. The highest BCUT2D eigenvalue weighted by Crippen LogP contribution is 2.20. The molecule has 0 atom stereocenters. The Morgan fingerprint density at radius 1 is 1.14 bits per heavy atom. The number of likely N-dealkylation sites (tertiary alicyclic amines) is 1. The lowest BCUT2D eigenvalue weighted by Crippen LogP contribution is -2.20. The molecule has 0 radical (unpaired) electrons. The highest BCUT2D eigenvalue weighted by Gasteiger charge is 2.20. The van der Waals surface area contributed by atoms with Gasteiger partial charge in [0.25, 0.3) is 15.9 Å². The first-order valence-electron chi connectivity index (χ1n) is 9.00. The summed E-state index contributed by atoms with van der Waals surface area (Å²) >= 11 is 0. The average Bonchev–Trinajstić information content (AvgIpc) is 3.06. The fraction of sp³-hybridized carbons (Fsp3) is 0.300. The van der Waals surface area contributed by atoms with Gasteiger partial charge in [-0.1, -0.05) is 6.07 Å². The molecular formula is C20H24N4O3S. The molecule has 1 saturated heterocycles. The Hall–Kier alpha value is -2.87. The van der Waals surface area contributed by atoms with E-state index >= 15 is 0 Å². The van der Waals surface area contributed by atoms with Crippen molar-refractivity contribution < 1.29 is 13.2 Å². The van der Waals surface area contributed by atoms with Crippen LogP contribution in [0.1, 0.15) is 23.2 Å². The van der Waals surface area contributed by atoms with Crippen LogP contribution in [-0.4, -0.2) is 52.7 Å². The maximum absolute atomic E-state index is 12.5. The van der Waals surface area contributed by atoms with E-state index in [1.54, 1.807) is 24.3 Å². The number of carbonyl (C=O) groups excluding carboxylic acids is 1. The van der Waals surface area contributed by atoms with Gasteiger partial charge in [0.05, 0.1) is 4.90 Å². The van der Waals surface area contributed by atoms with Crippen molar-refractivity contribution in [2.24, 2.45) is 4.40 Å². The van der Waals surface area contributed by atoms with E-state index in [1.165, 1.54) is 12.1 Å². The van der Waals surface area contributed by atoms with E-state index in [4.69, 9.17) is 0 Å². The van der Waals surface area contributed by atoms with Crippen molar-refractivity contribution in [3.63, 3.8) is 0 Å². The maximum Gasteiger partial charge on any atom is 0.283 e. The molecule has 3 rings (SSSR count). The second-order valence-corrected chi connectivity index (χ2v) is 8.54. The molecule has 1 N–H and O–H groups in total. The molecule has 0 bridgehead atoms. The number of hydrogen-bond donors (Lipinski definition) is 1. The van der Waals surface area contributed by atoms with Crippen molar-refractivity contribution >= 4 is 33.1 Å². The van der Waals surface area contributed by atoms with Gasteiger partial charge in [-0.15, -0.1) is 4.40 Å². The molecule has 2 aromatic rings. The normalized spacial score (nSPS) is 15.7. The van der Waals surface area contributed by atoms with Crippen LogP contribution in [0, 0.1) is 0 Å². The van der Waals surface area contributed by atoms with Gasteiger partial charge in [-0.05, 0) is 48.9 Å². The molecule has 1 aliphatic rings. The van der Waals surface area contributed by atoms with E-state index in [2.05, 4.69) is 9.71 Å². The zero-order valence-electron chi connectivity index (χ0n) is 16.2. The highest BCUT2D eigenvalue weighted by atomic mass is 32.2. The summed E-state index contributed by atoms with van der Waals surface area (Å²) in [6, 6.07) is 13.3. The van der Waals surface area contributed by atoms with Gasteiger partial charge in [0.15, 0.2) is 0 Å². The van der Waals surface area contributed by atoms with E-state index in [1.807, 2.05) is 43.1 Å². The van der Waals surface area contributed by atoms with Gasteiger partial charge in [0.2, 0.25) is 0 Å². The van der Waals surface area contributed by atoms with Crippen molar-refractivity contribution in [2.75, 3.05) is 37.9 Å². The number of carbonyl (C=O) groups is 1. The second kappa shape index (κ2) is 8.02. The minimum absolute atomic E-state index is 0.105. The third-order valence-electron chi connectivity index (χ3n) is 4.59. The number of rotatable bonds is 5. The lowest BCUT2D eigenvalue weighted by molar-refractivity contribution is 0.102. The third kappa shape index (κ3) is 4.51. The summed E-state index contributed by atoms with van der Waals surface area (Å²) in [7, 11) is 1.89. The molecule has 0 spiro atoms. The predicted molar refractivity (Wildman–Crippen MR) is 112 cm³/mol. The smallest absolute Gasteiger partial charge is 0.283 e. The zero-order chi connectivity index (χ0) is 20.3. The van der Waals surface area contributed by atoms with Crippen LogP contribution >= 0.6 is 0 Å². The van der Waals surface area contributed by atoms with Crippen LogP contribution in [0.15, 0.2) is 57.8 Å². The molecular weight excluding hydrogens is 376 g/mol. The molecule has 1 aliphatic heterocycles. The fourth-order valence-corrected chi connectivity index (χ4v) is 4.03. The second-order valence-electron chi connectivity index (χ2n) is 6.93. The monoisotopic (exact) mass is 400 g/mol. The first-order valence-corrected chi connectivity index (χ1v) is 10.4. The lowest BCUT2D eigenvalue weighted by atomic mass is 10.1. The Labute approximate surface area is 165 Å². The summed E-state index contributed by atoms with van der Waals surface area (Å²) in [5.41, 5.74) is 1.97. The van der Waals surface area contributed by atoms with Gasteiger partial charge in [0, 0.05) is 51.0 Å². The fourth-order valence-electron chi connectivity index (χ4n) is 2.94. The minimum atomic E-state index is -3.76. The van der Waals surface area contributed by atoms with E-state index < -0.39 is 10.0 Å². The molecule has 0 unspecified atom stereocenters. The van der Waals surface area contributed by atoms with E-state index in [-0.39, 0.29) is 10.8 Å². The molecule has 1 amide bonds. The number of hydrogen-bond acceptors (Lipinski definition) is 4. The summed E-state index contributed by atoms with van der Waals surface area (Å²) in [5.74, 6) is 0.324. The van der Waals surface area contributed by atoms with Crippen LogP contribution in [0.3, 0.4) is 0 Å². The summed E-state index contributed by atoms with van der Waals surface area (Å²) in [6.07, 6.45) is 1.57. The first-order chi connectivity index (χ1) is 13.3. The topological polar surface area (TPSA) is 82.1 Å². The van der Waals surface area contributed by atoms with Crippen LogP contribution in [0.5, 0.6) is 0 Å². The van der Waals surface area contributed by atoms with E-state index in [0.717, 1.165) is 18.7 Å². The van der Waals surface area contributed by atoms with Gasteiger partial charge in [-0.25, -0.2) is 0 Å². The largest absolute Gasteiger partial charge is 0.378 e. The molecule has 1 fully saturated rings. The number of nitrogens with one attached hydrogen (secondary N) is 1. The Balaban J connectivity index is 1.74. The molecule has 0 aliphatic carbocycles. The van der Waals surface area contributed by atoms with Gasteiger partial charge < -0.3 is 15.1 Å². The van der Waals surface area contributed by atoms with E-state index in [0.29, 0.717) is 23.5 Å². The summed E-state index contributed by atoms with van der Waals surface area (Å²) < 4.78 is 28.9.